The van der Waals surface area contributed by atoms with Crippen LogP contribution in [0.5, 0.6) is 0 Å². The lowest BCUT2D eigenvalue weighted by molar-refractivity contribution is 0.0697. The van der Waals surface area contributed by atoms with Crippen molar-refractivity contribution in [3.05, 3.63) is 29.3 Å². The second kappa shape index (κ2) is 6.40. The van der Waals surface area contributed by atoms with E-state index in [0.29, 0.717) is 12.2 Å². The number of hydrogen-bond acceptors (Lipinski definition) is 3. The van der Waals surface area contributed by atoms with Crippen LogP contribution >= 0.6 is 0 Å². The van der Waals surface area contributed by atoms with Gasteiger partial charge in [-0.2, -0.15) is 0 Å². The summed E-state index contributed by atoms with van der Waals surface area (Å²) < 4.78 is 5.14. The molecule has 1 unspecified atom stereocenters. The Kier molecular flexibility index (Phi) is 5.16. The molecule has 1 aromatic carbocycles. The van der Waals surface area contributed by atoms with Gasteiger partial charge in [0, 0.05) is 19.7 Å². The average Bonchev–Trinajstić information content (AvgIpc) is 2.32. The van der Waals surface area contributed by atoms with Crippen molar-refractivity contribution in [2.45, 2.75) is 26.8 Å². The van der Waals surface area contributed by atoms with Gasteiger partial charge in [-0.15, -0.1) is 0 Å². The van der Waals surface area contributed by atoms with E-state index in [1.54, 1.807) is 13.2 Å². The fourth-order valence-corrected chi connectivity index (χ4v) is 2.12. The maximum Gasteiger partial charge on any atom is 0.337 e. The second-order valence-corrected chi connectivity index (χ2v) is 4.42. The summed E-state index contributed by atoms with van der Waals surface area (Å²) in [5.41, 5.74) is 2.05. The van der Waals surface area contributed by atoms with E-state index in [-0.39, 0.29) is 6.04 Å². The highest BCUT2D eigenvalue weighted by Crippen LogP contribution is 2.24. The molecule has 4 heteroatoms. The van der Waals surface area contributed by atoms with E-state index in [0.717, 1.165) is 17.8 Å². The molecule has 1 rings (SSSR count). The number of carboxylic acids is 1. The average molecular weight is 251 g/mol. The molecule has 0 saturated heterocycles. The molecule has 100 valence electrons. The first-order valence-electron chi connectivity index (χ1n) is 6.10. The number of aryl methyl sites for hydroxylation is 1. The molecule has 1 aromatic rings. The van der Waals surface area contributed by atoms with Gasteiger partial charge in [-0.05, 0) is 32.9 Å². The summed E-state index contributed by atoms with van der Waals surface area (Å²) in [5.74, 6) is -0.892. The van der Waals surface area contributed by atoms with Gasteiger partial charge in [0.15, 0.2) is 0 Å². The number of anilines is 1. The van der Waals surface area contributed by atoms with Crippen molar-refractivity contribution in [3.8, 4) is 0 Å². The maximum atomic E-state index is 11.3. The van der Waals surface area contributed by atoms with Crippen LogP contribution in [0, 0.1) is 6.92 Å². The summed E-state index contributed by atoms with van der Waals surface area (Å²) in [6.07, 6.45) is 0. The number of carbonyl (C=O) groups is 1. The van der Waals surface area contributed by atoms with E-state index >= 15 is 0 Å². The minimum absolute atomic E-state index is 0.140. The molecule has 0 aromatic heterocycles. The molecule has 1 atom stereocenters. The largest absolute Gasteiger partial charge is 0.478 e. The van der Waals surface area contributed by atoms with Crippen LogP contribution < -0.4 is 4.90 Å². The third-order valence-corrected chi connectivity index (χ3v) is 2.97. The molecule has 0 spiro atoms. The lowest BCUT2D eigenvalue weighted by Gasteiger charge is -2.31. The van der Waals surface area contributed by atoms with E-state index in [1.165, 1.54) is 0 Å². The van der Waals surface area contributed by atoms with Gasteiger partial charge < -0.3 is 14.7 Å². The van der Waals surface area contributed by atoms with Crippen LogP contribution in [0.2, 0.25) is 0 Å². The Hall–Kier alpha value is -1.55. The van der Waals surface area contributed by atoms with Gasteiger partial charge in [-0.1, -0.05) is 11.6 Å². The molecule has 0 radical (unpaired) electrons. The molecule has 18 heavy (non-hydrogen) atoms. The van der Waals surface area contributed by atoms with Gasteiger partial charge in [0.2, 0.25) is 0 Å². The van der Waals surface area contributed by atoms with E-state index < -0.39 is 5.97 Å². The number of hydrogen-bond donors (Lipinski definition) is 1. The highest BCUT2D eigenvalue weighted by atomic mass is 16.5. The minimum atomic E-state index is -0.892. The fourth-order valence-electron chi connectivity index (χ4n) is 2.12. The van der Waals surface area contributed by atoms with Crippen molar-refractivity contribution < 1.29 is 14.6 Å². The van der Waals surface area contributed by atoms with Crippen molar-refractivity contribution >= 4 is 11.7 Å². The summed E-state index contributed by atoms with van der Waals surface area (Å²) in [7, 11) is 1.65. The zero-order valence-corrected chi connectivity index (χ0v) is 11.4. The minimum Gasteiger partial charge on any atom is -0.478 e. The molecule has 0 aliphatic heterocycles. The molecule has 1 N–H and O–H groups in total. The fraction of sp³-hybridized carbons (Fsp3) is 0.500. The number of carboxylic acid groups (broad SMARTS) is 1. The van der Waals surface area contributed by atoms with E-state index in [9.17, 15) is 9.90 Å². The molecular weight excluding hydrogens is 230 g/mol. The predicted octanol–water partition coefficient (Wildman–Crippen LogP) is 2.55. The Balaban J connectivity index is 3.16. The highest BCUT2D eigenvalue weighted by Gasteiger charge is 2.19. The molecule has 0 amide bonds. The van der Waals surface area contributed by atoms with Crippen molar-refractivity contribution in [1.29, 1.82) is 0 Å². The molecule has 0 saturated carbocycles. The number of aromatic carboxylic acids is 1. The summed E-state index contributed by atoms with van der Waals surface area (Å²) in [4.78, 5) is 13.4. The summed E-state index contributed by atoms with van der Waals surface area (Å²) >= 11 is 0. The third-order valence-electron chi connectivity index (χ3n) is 2.97. The smallest absolute Gasteiger partial charge is 0.337 e. The Labute approximate surface area is 108 Å². The van der Waals surface area contributed by atoms with Gasteiger partial charge in [-0.25, -0.2) is 4.79 Å². The van der Waals surface area contributed by atoms with E-state index in [1.807, 2.05) is 37.8 Å². The van der Waals surface area contributed by atoms with Crippen LogP contribution in [-0.4, -0.2) is 37.4 Å². The monoisotopic (exact) mass is 251 g/mol. The van der Waals surface area contributed by atoms with Crippen molar-refractivity contribution in [1.82, 2.24) is 0 Å². The molecule has 0 aliphatic rings. The van der Waals surface area contributed by atoms with Crippen LogP contribution in [0.15, 0.2) is 18.2 Å². The first-order chi connectivity index (χ1) is 8.51. The molecule has 0 fully saturated rings. The Morgan fingerprint density at radius 1 is 1.50 bits per heavy atom. The van der Waals surface area contributed by atoms with Crippen LogP contribution in [0.4, 0.5) is 5.69 Å². The summed E-state index contributed by atoms with van der Waals surface area (Å²) in [5, 5.41) is 9.29. The van der Waals surface area contributed by atoms with Gasteiger partial charge in [0.1, 0.15) is 0 Å². The van der Waals surface area contributed by atoms with Crippen LogP contribution in [0.1, 0.15) is 29.8 Å². The highest BCUT2D eigenvalue weighted by molar-refractivity contribution is 5.94. The maximum absolute atomic E-state index is 11.3. The van der Waals surface area contributed by atoms with Crippen molar-refractivity contribution in [3.63, 3.8) is 0 Å². The Bertz CT molecular complexity index is 418. The number of likely N-dealkylation sites (N-methyl/N-ethyl adjacent to an activating group) is 1. The zero-order valence-electron chi connectivity index (χ0n) is 11.4. The number of benzene rings is 1. The van der Waals surface area contributed by atoms with E-state index in [2.05, 4.69) is 0 Å². The number of methoxy groups -OCH3 is 1. The molecular formula is C14H21NO3. The standard InChI is InChI=1S/C14H21NO3/c1-5-15(11(3)9-18-4)13-7-6-10(2)8-12(13)14(16)17/h6-8,11H,5,9H2,1-4H3,(H,16,17). The van der Waals surface area contributed by atoms with Crippen LogP contribution in [0.25, 0.3) is 0 Å². The SMILES string of the molecule is CCN(c1ccc(C)cc1C(=O)O)C(C)COC. The van der Waals surface area contributed by atoms with Crippen LogP contribution in [0.3, 0.4) is 0 Å². The van der Waals surface area contributed by atoms with Crippen molar-refractivity contribution in [2.24, 2.45) is 0 Å². The lowest BCUT2D eigenvalue weighted by atomic mass is 10.1. The number of ether oxygens (including phenoxy) is 1. The zero-order chi connectivity index (χ0) is 13.7. The molecule has 4 nitrogen and oxygen atoms in total. The first-order valence-corrected chi connectivity index (χ1v) is 6.10. The molecule has 0 aliphatic carbocycles. The Morgan fingerprint density at radius 2 is 2.17 bits per heavy atom. The third kappa shape index (κ3) is 3.23. The quantitative estimate of drug-likeness (QED) is 0.844. The second-order valence-electron chi connectivity index (χ2n) is 4.42. The number of rotatable bonds is 6. The molecule has 0 heterocycles. The normalized spacial score (nSPS) is 12.2. The molecule has 0 bridgehead atoms. The van der Waals surface area contributed by atoms with Gasteiger partial charge in [0.05, 0.1) is 17.9 Å². The van der Waals surface area contributed by atoms with Crippen molar-refractivity contribution in [2.75, 3.05) is 25.2 Å². The first kappa shape index (κ1) is 14.5. The summed E-state index contributed by atoms with van der Waals surface area (Å²) in [6, 6.07) is 5.65. The topological polar surface area (TPSA) is 49.8 Å². The van der Waals surface area contributed by atoms with Gasteiger partial charge in [-0.3, -0.25) is 0 Å². The lowest BCUT2D eigenvalue weighted by Crippen LogP contribution is -2.37. The van der Waals surface area contributed by atoms with Crippen LogP contribution in [-0.2, 0) is 4.74 Å². The number of nitrogens with zero attached hydrogens (tertiary/aromatic N) is 1. The predicted molar refractivity (Wildman–Crippen MR) is 72.5 cm³/mol. The summed E-state index contributed by atoms with van der Waals surface area (Å²) in [6.45, 7) is 7.25. The Morgan fingerprint density at radius 3 is 2.67 bits per heavy atom. The van der Waals surface area contributed by atoms with E-state index in [4.69, 9.17) is 4.74 Å². The van der Waals surface area contributed by atoms with Gasteiger partial charge >= 0.3 is 5.97 Å². The van der Waals surface area contributed by atoms with Gasteiger partial charge in [0.25, 0.3) is 0 Å².